The molecular formula is C18H25NO7S2. The molecule has 1 saturated heterocycles. The maximum Gasteiger partial charge on any atom is 0.338 e. The molecule has 8 nitrogen and oxygen atoms in total. The molecule has 1 heterocycles. The molecule has 0 unspecified atom stereocenters. The molecule has 0 bridgehead atoms. The number of sulfone groups is 2. The molecule has 1 amide bonds. The standard InChI is InChI=1S/C18H25NO7S2/c1-4-13(2)19(15-9-10-28(24,25)12-15)17(20)11-26-18(21)14-5-7-16(8-6-14)27(3,22)23/h5-8,13,15H,4,9-12H2,1-3H3/t13-,15-/m1/s1. The molecule has 10 heteroatoms. The minimum absolute atomic E-state index is 0.0460. The molecule has 0 spiro atoms. The third-order valence-electron chi connectivity index (χ3n) is 4.80. The Labute approximate surface area is 165 Å². The molecule has 1 aliphatic rings. The van der Waals surface area contributed by atoms with Crippen LogP contribution in [0.25, 0.3) is 0 Å². The van der Waals surface area contributed by atoms with Gasteiger partial charge in [0.2, 0.25) is 0 Å². The Balaban J connectivity index is 2.04. The first-order chi connectivity index (χ1) is 12.9. The SMILES string of the molecule is CC[C@@H](C)N(C(=O)COC(=O)c1ccc(S(C)(=O)=O)cc1)[C@@H]1CCS(=O)(=O)C1. The van der Waals surface area contributed by atoms with Crippen LogP contribution in [0.2, 0.25) is 0 Å². The predicted molar refractivity (Wildman–Crippen MR) is 103 cm³/mol. The van der Waals surface area contributed by atoms with Crippen molar-refractivity contribution in [2.45, 2.75) is 43.7 Å². The monoisotopic (exact) mass is 431 g/mol. The number of hydrogen-bond donors (Lipinski definition) is 0. The summed E-state index contributed by atoms with van der Waals surface area (Å²) < 4.78 is 51.5. The van der Waals surface area contributed by atoms with E-state index in [1.165, 1.54) is 29.2 Å². The Bertz CT molecular complexity index is 937. The molecule has 1 fully saturated rings. The second-order valence-corrected chi connectivity index (χ2v) is 11.2. The maximum atomic E-state index is 12.6. The predicted octanol–water partition coefficient (Wildman–Crippen LogP) is 1.06. The van der Waals surface area contributed by atoms with Gasteiger partial charge in [-0.25, -0.2) is 21.6 Å². The van der Waals surface area contributed by atoms with E-state index in [1.807, 2.05) is 13.8 Å². The third kappa shape index (κ3) is 5.54. The molecule has 1 aromatic carbocycles. The fourth-order valence-electron chi connectivity index (χ4n) is 3.12. The van der Waals surface area contributed by atoms with Gasteiger partial charge >= 0.3 is 5.97 Å². The second-order valence-electron chi connectivity index (χ2n) is 6.99. The number of benzene rings is 1. The average molecular weight is 432 g/mol. The molecule has 1 aliphatic heterocycles. The molecular weight excluding hydrogens is 406 g/mol. The Morgan fingerprint density at radius 1 is 1.25 bits per heavy atom. The van der Waals surface area contributed by atoms with E-state index >= 15 is 0 Å². The van der Waals surface area contributed by atoms with Crippen LogP contribution in [0, 0.1) is 0 Å². The number of nitrogens with zero attached hydrogens (tertiary/aromatic N) is 1. The lowest BCUT2D eigenvalue weighted by Crippen LogP contribution is -2.48. The molecule has 0 radical (unpaired) electrons. The van der Waals surface area contributed by atoms with Gasteiger partial charge in [-0.3, -0.25) is 4.79 Å². The van der Waals surface area contributed by atoms with Gasteiger partial charge in [-0.05, 0) is 44.0 Å². The first kappa shape index (κ1) is 22.4. The summed E-state index contributed by atoms with van der Waals surface area (Å²) in [6, 6.07) is 4.63. The molecule has 0 aromatic heterocycles. The molecule has 1 aromatic rings. The highest BCUT2D eigenvalue weighted by Crippen LogP contribution is 2.21. The first-order valence-electron chi connectivity index (χ1n) is 8.93. The Kier molecular flexibility index (Phi) is 6.87. The van der Waals surface area contributed by atoms with Crippen LogP contribution in [0.15, 0.2) is 29.2 Å². The highest BCUT2D eigenvalue weighted by molar-refractivity contribution is 7.91. The van der Waals surface area contributed by atoms with Gasteiger partial charge in [0.15, 0.2) is 26.3 Å². The normalized spacial score (nSPS) is 19.8. The summed E-state index contributed by atoms with van der Waals surface area (Å²) in [7, 11) is -6.53. The van der Waals surface area contributed by atoms with Gasteiger partial charge in [0.05, 0.1) is 22.0 Å². The van der Waals surface area contributed by atoms with Gasteiger partial charge in [-0.15, -0.1) is 0 Å². The van der Waals surface area contributed by atoms with Crippen LogP contribution in [0.3, 0.4) is 0 Å². The van der Waals surface area contributed by atoms with Crippen molar-refractivity contribution in [2.75, 3.05) is 24.4 Å². The van der Waals surface area contributed by atoms with Crippen molar-refractivity contribution in [3.63, 3.8) is 0 Å². The second kappa shape index (κ2) is 8.60. The third-order valence-corrected chi connectivity index (χ3v) is 7.68. The van der Waals surface area contributed by atoms with Crippen molar-refractivity contribution in [1.82, 2.24) is 4.90 Å². The number of amides is 1. The quantitative estimate of drug-likeness (QED) is 0.593. The molecule has 2 atom stereocenters. The van der Waals surface area contributed by atoms with Crippen molar-refractivity contribution in [3.8, 4) is 0 Å². The summed E-state index contributed by atoms with van der Waals surface area (Å²) in [5, 5.41) is 0. The number of carbonyl (C=O) groups is 2. The van der Waals surface area contributed by atoms with Gasteiger partial charge in [-0.2, -0.15) is 0 Å². The maximum absolute atomic E-state index is 12.6. The van der Waals surface area contributed by atoms with E-state index in [1.54, 1.807) is 0 Å². The summed E-state index contributed by atoms with van der Waals surface area (Å²) in [5.74, 6) is -1.23. The molecule has 0 N–H and O–H groups in total. The Morgan fingerprint density at radius 3 is 2.32 bits per heavy atom. The molecule has 28 heavy (non-hydrogen) atoms. The fourth-order valence-corrected chi connectivity index (χ4v) is 5.47. The van der Waals surface area contributed by atoms with Gasteiger partial charge in [0.25, 0.3) is 5.91 Å². The lowest BCUT2D eigenvalue weighted by Gasteiger charge is -2.33. The van der Waals surface area contributed by atoms with E-state index in [9.17, 15) is 26.4 Å². The van der Waals surface area contributed by atoms with Crippen LogP contribution in [-0.4, -0.2) is 70.1 Å². The minimum Gasteiger partial charge on any atom is -0.452 e. The van der Waals surface area contributed by atoms with Gasteiger partial charge in [-0.1, -0.05) is 6.92 Å². The number of carbonyl (C=O) groups excluding carboxylic acids is 2. The molecule has 0 saturated carbocycles. The largest absolute Gasteiger partial charge is 0.452 e. The topological polar surface area (TPSA) is 115 Å². The van der Waals surface area contributed by atoms with Crippen molar-refractivity contribution < 1.29 is 31.2 Å². The van der Waals surface area contributed by atoms with E-state index in [0.29, 0.717) is 12.8 Å². The van der Waals surface area contributed by atoms with Crippen molar-refractivity contribution in [2.24, 2.45) is 0 Å². The van der Waals surface area contributed by atoms with E-state index in [2.05, 4.69) is 0 Å². The van der Waals surface area contributed by atoms with Gasteiger partial charge in [0.1, 0.15) is 0 Å². The number of hydrogen-bond acceptors (Lipinski definition) is 7. The van der Waals surface area contributed by atoms with Crippen LogP contribution in [-0.2, 0) is 29.2 Å². The lowest BCUT2D eigenvalue weighted by atomic mass is 10.1. The van der Waals surface area contributed by atoms with Gasteiger partial charge in [0, 0.05) is 18.3 Å². The van der Waals surface area contributed by atoms with Crippen LogP contribution in [0.1, 0.15) is 37.0 Å². The summed E-state index contributed by atoms with van der Waals surface area (Å²) in [4.78, 5) is 26.4. The van der Waals surface area contributed by atoms with E-state index in [-0.39, 0.29) is 28.0 Å². The van der Waals surface area contributed by atoms with Gasteiger partial charge < -0.3 is 9.64 Å². The molecule has 156 valence electrons. The van der Waals surface area contributed by atoms with Crippen LogP contribution in [0.4, 0.5) is 0 Å². The number of rotatable bonds is 7. The van der Waals surface area contributed by atoms with E-state index < -0.39 is 44.2 Å². The van der Waals surface area contributed by atoms with Crippen LogP contribution in [0.5, 0.6) is 0 Å². The zero-order valence-corrected chi connectivity index (χ0v) is 17.8. The van der Waals surface area contributed by atoms with E-state index in [4.69, 9.17) is 4.74 Å². The zero-order chi connectivity index (χ0) is 21.1. The summed E-state index contributed by atoms with van der Waals surface area (Å²) in [5.41, 5.74) is 0.124. The summed E-state index contributed by atoms with van der Waals surface area (Å²) >= 11 is 0. The molecule has 0 aliphatic carbocycles. The smallest absolute Gasteiger partial charge is 0.338 e. The van der Waals surface area contributed by atoms with E-state index in [0.717, 1.165) is 6.26 Å². The first-order valence-corrected chi connectivity index (χ1v) is 12.6. The Hall–Kier alpha value is -1.94. The average Bonchev–Trinajstić information content (AvgIpc) is 2.98. The Morgan fingerprint density at radius 2 is 1.86 bits per heavy atom. The van der Waals surface area contributed by atoms with Crippen LogP contribution < -0.4 is 0 Å². The van der Waals surface area contributed by atoms with Crippen molar-refractivity contribution in [1.29, 1.82) is 0 Å². The summed E-state index contributed by atoms with van der Waals surface area (Å²) in [6.45, 7) is 3.21. The molecule has 2 rings (SSSR count). The van der Waals surface area contributed by atoms with Crippen molar-refractivity contribution in [3.05, 3.63) is 29.8 Å². The van der Waals surface area contributed by atoms with Crippen LogP contribution >= 0.6 is 0 Å². The minimum atomic E-state index is -3.38. The summed E-state index contributed by atoms with van der Waals surface area (Å²) in [6.07, 6.45) is 2.08. The highest BCUT2D eigenvalue weighted by atomic mass is 32.2. The number of esters is 1. The van der Waals surface area contributed by atoms with Crippen molar-refractivity contribution >= 4 is 31.6 Å². The zero-order valence-electron chi connectivity index (χ0n) is 16.1. The number of ether oxygens (including phenoxy) is 1. The highest BCUT2D eigenvalue weighted by Gasteiger charge is 2.36. The fraction of sp³-hybridized carbons (Fsp3) is 0.556. The lowest BCUT2D eigenvalue weighted by molar-refractivity contribution is -0.138.